The molecule has 3 N–H and O–H groups in total. The fraction of sp³-hybridized carbons (Fsp3) is 0.538. The van der Waals surface area contributed by atoms with Crippen LogP contribution in [0, 0.1) is 18.4 Å². The van der Waals surface area contributed by atoms with E-state index in [0.717, 1.165) is 0 Å². The van der Waals surface area contributed by atoms with Crippen molar-refractivity contribution in [2.24, 2.45) is 0 Å². The fourth-order valence-corrected chi connectivity index (χ4v) is 4.19. The van der Waals surface area contributed by atoms with Crippen LogP contribution >= 0.6 is 0 Å². The second-order valence-corrected chi connectivity index (χ2v) is 10.8. The molecule has 232 valence electrons. The molecule has 4 rings (SSSR count). The molecule has 0 radical (unpaired) electrons. The number of halogens is 1. The Morgan fingerprint density at radius 2 is 2.12 bits per heavy atom. The lowest BCUT2D eigenvalue weighted by Gasteiger charge is -2.26. The number of fused-ring (bicyclic) bond motifs is 1. The van der Waals surface area contributed by atoms with Crippen LogP contribution in [0.15, 0.2) is 18.3 Å². The predicted octanol–water partition coefficient (Wildman–Crippen LogP) is 2.02. The molecule has 43 heavy (non-hydrogen) atoms. The number of aliphatic hydroxyl groups is 1. The largest absolute Gasteiger partial charge is 0.514 e. The Morgan fingerprint density at radius 3 is 2.77 bits per heavy atom. The Hall–Kier alpha value is -4.69. The number of nitrogens with zero attached hydrogens (tertiary/aromatic N) is 5. The van der Waals surface area contributed by atoms with Crippen molar-refractivity contribution in [1.29, 1.82) is 0 Å². The lowest BCUT2D eigenvalue weighted by Crippen LogP contribution is -2.44. The molecule has 1 unspecified atom stereocenters. The molecule has 0 bridgehead atoms. The number of alkyl carbamates (subject to hydrolysis) is 1. The van der Waals surface area contributed by atoms with Gasteiger partial charge >= 0.3 is 24.4 Å². The number of aliphatic hydroxyl groups excluding tert-OH is 1. The number of carbonyl (C=O) groups excluding carboxylic acids is 3. The number of likely N-dealkylation sites (N-methyl/N-ethyl adjacent to an activating group) is 1. The number of imidazole rings is 1. The quantitative estimate of drug-likeness (QED) is 0.172. The summed E-state index contributed by atoms with van der Waals surface area (Å²) in [5.41, 5.74) is -2.55. The molecule has 0 saturated carbocycles. The number of hydrogen-bond donors (Lipinski definition) is 3. The molecule has 2 aliphatic heterocycles. The van der Waals surface area contributed by atoms with Crippen LogP contribution in [0.3, 0.4) is 0 Å². The zero-order valence-corrected chi connectivity index (χ0v) is 24.1. The van der Waals surface area contributed by atoms with E-state index in [0.29, 0.717) is 12.3 Å². The normalized spacial score (nSPS) is 24.3. The zero-order chi connectivity index (χ0) is 31.5. The molecule has 2 aliphatic rings. The van der Waals surface area contributed by atoms with Crippen molar-refractivity contribution in [3.63, 3.8) is 0 Å². The van der Waals surface area contributed by atoms with Crippen molar-refractivity contribution in [2.75, 3.05) is 32.1 Å². The van der Waals surface area contributed by atoms with Crippen molar-refractivity contribution in [1.82, 2.24) is 29.7 Å². The Balaban J connectivity index is 1.37. The van der Waals surface area contributed by atoms with E-state index in [1.807, 2.05) is 0 Å². The summed E-state index contributed by atoms with van der Waals surface area (Å²) in [4.78, 5) is 49.0. The molecule has 2 aromatic rings. The maximum atomic E-state index is 14.3. The number of ether oxygens (including phenoxy) is 5. The molecule has 4 atom stereocenters. The molecule has 4 heterocycles. The van der Waals surface area contributed by atoms with Gasteiger partial charge in [-0.15, -0.1) is 6.42 Å². The van der Waals surface area contributed by atoms with Gasteiger partial charge in [0.15, 0.2) is 34.4 Å². The minimum Gasteiger partial charge on any atom is -0.445 e. The molecular formula is C26H32FN7O9. The smallest absolute Gasteiger partial charge is 0.445 e. The van der Waals surface area contributed by atoms with E-state index in [1.54, 1.807) is 45.8 Å². The predicted molar refractivity (Wildman–Crippen MR) is 145 cm³/mol. The second-order valence-electron chi connectivity index (χ2n) is 10.8. The maximum absolute atomic E-state index is 14.3. The van der Waals surface area contributed by atoms with Crippen molar-refractivity contribution in [3.05, 3.63) is 24.4 Å². The second kappa shape index (κ2) is 12.3. The first-order valence-corrected chi connectivity index (χ1v) is 13.1. The van der Waals surface area contributed by atoms with E-state index in [4.69, 9.17) is 30.1 Å². The minimum absolute atomic E-state index is 0.0351. The van der Waals surface area contributed by atoms with Crippen LogP contribution in [-0.2, 0) is 23.7 Å². The zero-order valence-electron chi connectivity index (χ0n) is 24.1. The van der Waals surface area contributed by atoms with Gasteiger partial charge in [0.1, 0.15) is 24.5 Å². The SMILES string of the molecule is C#C[C@]1(COC(=O)NCCN(C)C=C2OC(=O)OC2C)O[C@@H](n2cnc3c(NC(=O)OC(C)(C)C)nc(F)nc32)C[C@@H]1O. The van der Waals surface area contributed by atoms with E-state index in [1.165, 1.54) is 10.9 Å². The Bertz CT molecular complexity index is 1470. The summed E-state index contributed by atoms with van der Waals surface area (Å²) < 4.78 is 41.9. The van der Waals surface area contributed by atoms with Gasteiger partial charge in [-0.2, -0.15) is 14.4 Å². The van der Waals surface area contributed by atoms with Crippen LogP contribution in [0.25, 0.3) is 11.2 Å². The molecule has 2 amide bonds. The first kappa shape index (κ1) is 31.3. The van der Waals surface area contributed by atoms with Gasteiger partial charge in [0, 0.05) is 32.8 Å². The van der Waals surface area contributed by atoms with Crippen LogP contribution in [-0.4, -0.2) is 98.0 Å². The van der Waals surface area contributed by atoms with Crippen molar-refractivity contribution < 1.29 is 47.6 Å². The number of amides is 2. The van der Waals surface area contributed by atoms with Crippen molar-refractivity contribution in [2.45, 2.75) is 63.8 Å². The average molecular weight is 606 g/mol. The monoisotopic (exact) mass is 605 g/mol. The maximum Gasteiger partial charge on any atom is 0.514 e. The molecular weight excluding hydrogens is 573 g/mol. The lowest BCUT2D eigenvalue weighted by atomic mass is 9.99. The molecule has 2 aromatic heterocycles. The lowest BCUT2D eigenvalue weighted by molar-refractivity contribution is -0.0909. The van der Waals surface area contributed by atoms with Crippen LogP contribution in [0.5, 0.6) is 0 Å². The molecule has 2 saturated heterocycles. The van der Waals surface area contributed by atoms with Crippen LogP contribution in [0.1, 0.15) is 40.3 Å². The number of anilines is 1. The van der Waals surface area contributed by atoms with Gasteiger partial charge in [-0.25, -0.2) is 19.4 Å². The van der Waals surface area contributed by atoms with E-state index >= 15 is 0 Å². The van der Waals surface area contributed by atoms with Crippen LogP contribution in [0.4, 0.5) is 24.6 Å². The first-order chi connectivity index (χ1) is 20.2. The van der Waals surface area contributed by atoms with E-state index in [-0.39, 0.29) is 29.9 Å². The summed E-state index contributed by atoms with van der Waals surface area (Å²) >= 11 is 0. The summed E-state index contributed by atoms with van der Waals surface area (Å²) in [6, 6.07) is 0. The van der Waals surface area contributed by atoms with Crippen molar-refractivity contribution >= 4 is 35.3 Å². The summed E-state index contributed by atoms with van der Waals surface area (Å²) in [7, 11) is 1.71. The highest BCUT2D eigenvalue weighted by Gasteiger charge is 2.49. The topological polar surface area (TPSA) is 188 Å². The summed E-state index contributed by atoms with van der Waals surface area (Å²) in [5, 5.41) is 15.7. The average Bonchev–Trinajstić information content (AvgIpc) is 3.56. The van der Waals surface area contributed by atoms with E-state index in [2.05, 4.69) is 31.5 Å². The minimum atomic E-state index is -1.73. The third-order valence-corrected chi connectivity index (χ3v) is 6.25. The molecule has 2 fully saturated rings. The highest BCUT2D eigenvalue weighted by atomic mass is 19.1. The molecule has 16 nitrogen and oxygen atoms in total. The summed E-state index contributed by atoms with van der Waals surface area (Å²) in [5.74, 6) is 2.46. The standard InChI is InChI=1S/C26H32FN7O9/c1-7-26(12-39-22(36)28-8-9-33(6)11-15-14(2)40-24(38)41-15)16(35)10-17(42-26)34-13-29-18-19(30-21(27)32-20(18)34)31-23(37)43-25(3,4)5/h1,11,13-14,16-17,35H,8-10,12H2,2-6H3,(H,28,36)(H,30,31,32,37)/t14?,16-,17+,26+/m0/s1. The Kier molecular flexibility index (Phi) is 8.92. The number of nitrogens with one attached hydrogen (secondary N) is 2. The third kappa shape index (κ3) is 7.40. The number of terminal acetylenes is 1. The van der Waals surface area contributed by atoms with Gasteiger partial charge in [0.2, 0.25) is 0 Å². The van der Waals surface area contributed by atoms with E-state index < -0.39 is 60.7 Å². The fourth-order valence-electron chi connectivity index (χ4n) is 4.19. The van der Waals surface area contributed by atoms with Crippen LogP contribution < -0.4 is 10.6 Å². The number of hydrogen-bond acceptors (Lipinski definition) is 13. The molecule has 0 aliphatic carbocycles. The number of rotatable bonds is 8. The van der Waals surface area contributed by atoms with Gasteiger partial charge < -0.3 is 39.0 Å². The number of aromatic nitrogens is 4. The molecule has 17 heteroatoms. The number of carbonyl (C=O) groups is 3. The summed E-state index contributed by atoms with van der Waals surface area (Å²) in [6.45, 7) is 6.64. The molecule has 0 aromatic carbocycles. The van der Waals surface area contributed by atoms with Gasteiger partial charge in [-0.05, 0) is 27.7 Å². The van der Waals surface area contributed by atoms with Crippen molar-refractivity contribution in [3.8, 4) is 12.3 Å². The van der Waals surface area contributed by atoms with Gasteiger partial charge in [0.25, 0.3) is 0 Å². The highest BCUT2D eigenvalue weighted by molar-refractivity contribution is 5.93. The van der Waals surface area contributed by atoms with Gasteiger partial charge in [-0.1, -0.05) is 5.92 Å². The third-order valence-electron chi connectivity index (χ3n) is 6.25. The molecule has 0 spiro atoms. The van der Waals surface area contributed by atoms with Gasteiger partial charge in [0.05, 0.1) is 6.33 Å². The van der Waals surface area contributed by atoms with Gasteiger partial charge in [-0.3, -0.25) is 9.88 Å². The number of cyclic esters (lactones) is 2. The summed E-state index contributed by atoms with van der Waals surface area (Å²) in [6.07, 6.45) is 2.04. The highest BCUT2D eigenvalue weighted by Crippen LogP contribution is 2.38. The first-order valence-electron chi connectivity index (χ1n) is 13.1. The van der Waals surface area contributed by atoms with E-state index in [9.17, 15) is 23.9 Å². The van der Waals surface area contributed by atoms with Crippen LogP contribution in [0.2, 0.25) is 0 Å². The Labute approximate surface area is 245 Å². The Morgan fingerprint density at radius 1 is 1.37 bits per heavy atom.